The van der Waals surface area contributed by atoms with Crippen molar-refractivity contribution in [3.05, 3.63) is 47.5 Å². The average molecular weight is 214 g/mol. The molecular formula is C16H22. The summed E-state index contributed by atoms with van der Waals surface area (Å²) in [4.78, 5) is 0. The minimum absolute atomic E-state index is 0.831. The highest BCUT2D eigenvalue weighted by Gasteiger charge is 2.38. The Morgan fingerprint density at radius 1 is 1.19 bits per heavy atom. The molecule has 1 fully saturated rings. The Morgan fingerprint density at radius 2 is 1.94 bits per heavy atom. The third kappa shape index (κ3) is 2.75. The number of allylic oxidation sites excluding steroid dienone is 2. The standard InChI is InChI=1S/C16H22/c1-3-4-6-11-15-13(2)16(15)12-14-9-7-5-8-10-14/h5,7-11,13,16H,3-4,6,12H2,1-2H3/b15-11+/t13-,16-/m1/s1. The highest BCUT2D eigenvalue weighted by atomic mass is 14.4. The lowest BCUT2D eigenvalue weighted by Crippen LogP contribution is -1.87. The molecule has 0 unspecified atom stereocenters. The molecule has 0 heteroatoms. The molecule has 0 bridgehead atoms. The molecule has 0 saturated heterocycles. The summed E-state index contributed by atoms with van der Waals surface area (Å²) in [5, 5.41) is 0. The Labute approximate surface area is 99.4 Å². The van der Waals surface area contributed by atoms with Gasteiger partial charge in [0, 0.05) is 0 Å². The number of hydrogen-bond donors (Lipinski definition) is 0. The van der Waals surface area contributed by atoms with E-state index in [1.165, 1.54) is 31.2 Å². The normalized spacial score (nSPS) is 26.0. The van der Waals surface area contributed by atoms with Gasteiger partial charge in [0.25, 0.3) is 0 Å². The molecule has 16 heavy (non-hydrogen) atoms. The van der Waals surface area contributed by atoms with E-state index in [0.29, 0.717) is 0 Å². The van der Waals surface area contributed by atoms with Gasteiger partial charge < -0.3 is 0 Å². The summed E-state index contributed by atoms with van der Waals surface area (Å²) in [6, 6.07) is 10.9. The van der Waals surface area contributed by atoms with E-state index in [9.17, 15) is 0 Å². The largest absolute Gasteiger partial charge is 0.0847 e. The van der Waals surface area contributed by atoms with Crippen molar-refractivity contribution in [2.75, 3.05) is 0 Å². The maximum absolute atomic E-state index is 2.49. The number of rotatable bonds is 5. The minimum atomic E-state index is 0.831. The van der Waals surface area contributed by atoms with Crippen molar-refractivity contribution in [1.82, 2.24) is 0 Å². The monoisotopic (exact) mass is 214 g/mol. The fraction of sp³-hybridized carbons (Fsp3) is 0.500. The summed E-state index contributed by atoms with van der Waals surface area (Å²) >= 11 is 0. The lowest BCUT2D eigenvalue weighted by Gasteiger charge is -1.97. The molecule has 0 aromatic heterocycles. The van der Waals surface area contributed by atoms with Crippen LogP contribution in [0.1, 0.15) is 38.7 Å². The average Bonchev–Trinajstić information content (AvgIpc) is 2.91. The van der Waals surface area contributed by atoms with Gasteiger partial charge in [-0.25, -0.2) is 0 Å². The Bertz CT molecular complexity index is 348. The summed E-state index contributed by atoms with van der Waals surface area (Å²) < 4.78 is 0. The molecule has 0 aliphatic heterocycles. The van der Waals surface area contributed by atoms with Crippen molar-refractivity contribution in [1.29, 1.82) is 0 Å². The molecular weight excluding hydrogens is 192 g/mol. The van der Waals surface area contributed by atoms with Gasteiger partial charge in [-0.05, 0) is 30.2 Å². The van der Waals surface area contributed by atoms with Crippen LogP contribution in [0.2, 0.25) is 0 Å². The Hall–Kier alpha value is -1.04. The SMILES string of the molecule is CCCC/C=C1\[C@@H](C)[C@H]1Cc1ccccc1. The highest BCUT2D eigenvalue weighted by molar-refractivity contribution is 5.32. The second-order valence-electron chi connectivity index (χ2n) is 4.93. The van der Waals surface area contributed by atoms with Crippen LogP contribution in [0.25, 0.3) is 0 Å². The van der Waals surface area contributed by atoms with Gasteiger partial charge in [0.05, 0.1) is 0 Å². The van der Waals surface area contributed by atoms with E-state index in [4.69, 9.17) is 0 Å². The summed E-state index contributed by atoms with van der Waals surface area (Å²) in [7, 11) is 0. The molecule has 1 aliphatic carbocycles. The first kappa shape index (κ1) is 11.4. The minimum Gasteiger partial charge on any atom is -0.0847 e. The van der Waals surface area contributed by atoms with Crippen molar-refractivity contribution in [2.24, 2.45) is 11.8 Å². The number of unbranched alkanes of at least 4 members (excludes halogenated alkanes) is 2. The van der Waals surface area contributed by atoms with Crippen LogP contribution in [0.15, 0.2) is 42.0 Å². The molecule has 2 rings (SSSR count). The molecule has 0 radical (unpaired) electrons. The maximum atomic E-state index is 2.49. The summed E-state index contributed by atoms with van der Waals surface area (Å²) in [6.07, 6.45) is 7.65. The van der Waals surface area contributed by atoms with E-state index in [-0.39, 0.29) is 0 Å². The topological polar surface area (TPSA) is 0 Å². The molecule has 86 valence electrons. The van der Waals surface area contributed by atoms with Crippen LogP contribution < -0.4 is 0 Å². The highest BCUT2D eigenvalue weighted by Crippen LogP contribution is 2.47. The molecule has 1 aromatic carbocycles. The molecule has 1 aromatic rings. The Balaban J connectivity index is 1.87. The van der Waals surface area contributed by atoms with Gasteiger partial charge in [-0.15, -0.1) is 0 Å². The molecule has 0 amide bonds. The maximum Gasteiger partial charge on any atom is -0.00968 e. The van der Waals surface area contributed by atoms with Crippen molar-refractivity contribution < 1.29 is 0 Å². The van der Waals surface area contributed by atoms with E-state index in [2.05, 4.69) is 50.3 Å². The second-order valence-corrected chi connectivity index (χ2v) is 4.93. The quantitative estimate of drug-likeness (QED) is 0.496. The molecule has 0 spiro atoms. The molecule has 1 aliphatic rings. The second kappa shape index (κ2) is 5.34. The molecule has 1 saturated carbocycles. The van der Waals surface area contributed by atoms with Crippen LogP contribution in [-0.2, 0) is 6.42 Å². The van der Waals surface area contributed by atoms with Crippen molar-refractivity contribution in [2.45, 2.75) is 39.5 Å². The third-order valence-corrected chi connectivity index (χ3v) is 3.68. The van der Waals surface area contributed by atoms with Crippen LogP contribution in [0, 0.1) is 11.8 Å². The number of hydrogen-bond acceptors (Lipinski definition) is 0. The fourth-order valence-corrected chi connectivity index (χ4v) is 2.47. The van der Waals surface area contributed by atoms with Gasteiger partial charge in [0.15, 0.2) is 0 Å². The Morgan fingerprint density at radius 3 is 2.62 bits per heavy atom. The fourth-order valence-electron chi connectivity index (χ4n) is 2.47. The van der Waals surface area contributed by atoms with Crippen LogP contribution in [0.3, 0.4) is 0 Å². The van der Waals surface area contributed by atoms with Crippen LogP contribution in [0.5, 0.6) is 0 Å². The zero-order valence-corrected chi connectivity index (χ0v) is 10.4. The van der Waals surface area contributed by atoms with Gasteiger partial charge in [-0.3, -0.25) is 0 Å². The van der Waals surface area contributed by atoms with Gasteiger partial charge in [0.1, 0.15) is 0 Å². The van der Waals surface area contributed by atoms with Gasteiger partial charge in [-0.2, -0.15) is 0 Å². The van der Waals surface area contributed by atoms with Crippen molar-refractivity contribution in [3.63, 3.8) is 0 Å². The van der Waals surface area contributed by atoms with Crippen LogP contribution in [0.4, 0.5) is 0 Å². The molecule has 0 N–H and O–H groups in total. The lowest BCUT2D eigenvalue weighted by molar-refractivity contribution is 0.749. The van der Waals surface area contributed by atoms with E-state index >= 15 is 0 Å². The molecule has 0 nitrogen and oxygen atoms in total. The number of benzene rings is 1. The van der Waals surface area contributed by atoms with E-state index in [1.54, 1.807) is 5.57 Å². The molecule has 2 atom stereocenters. The van der Waals surface area contributed by atoms with Gasteiger partial charge >= 0.3 is 0 Å². The predicted molar refractivity (Wildman–Crippen MR) is 70.4 cm³/mol. The Kier molecular flexibility index (Phi) is 3.82. The first-order valence-electron chi connectivity index (χ1n) is 6.56. The van der Waals surface area contributed by atoms with Crippen molar-refractivity contribution in [3.8, 4) is 0 Å². The van der Waals surface area contributed by atoms with E-state index in [1.807, 2.05) is 0 Å². The summed E-state index contributed by atoms with van der Waals surface area (Å²) in [5.41, 5.74) is 3.19. The summed E-state index contributed by atoms with van der Waals surface area (Å²) in [6.45, 7) is 4.63. The smallest absolute Gasteiger partial charge is 0.00968 e. The first-order chi connectivity index (χ1) is 7.83. The van der Waals surface area contributed by atoms with E-state index in [0.717, 1.165) is 11.8 Å². The molecule has 0 heterocycles. The van der Waals surface area contributed by atoms with Crippen molar-refractivity contribution >= 4 is 0 Å². The van der Waals surface area contributed by atoms with Crippen LogP contribution >= 0.6 is 0 Å². The van der Waals surface area contributed by atoms with Gasteiger partial charge in [-0.1, -0.05) is 68.7 Å². The zero-order valence-electron chi connectivity index (χ0n) is 10.4. The zero-order chi connectivity index (χ0) is 11.4. The summed E-state index contributed by atoms with van der Waals surface area (Å²) in [5.74, 6) is 1.66. The van der Waals surface area contributed by atoms with E-state index < -0.39 is 0 Å². The van der Waals surface area contributed by atoms with Gasteiger partial charge in [0.2, 0.25) is 0 Å². The first-order valence-corrected chi connectivity index (χ1v) is 6.56. The third-order valence-electron chi connectivity index (χ3n) is 3.68. The lowest BCUT2D eigenvalue weighted by atomic mass is 10.1. The van der Waals surface area contributed by atoms with Crippen LogP contribution in [-0.4, -0.2) is 0 Å². The predicted octanol–water partition coefficient (Wildman–Crippen LogP) is 4.61.